The number of carbonyl (C=O) groups excluding carboxylic acids is 2. The number of ether oxygens (including phenoxy) is 1. The second kappa shape index (κ2) is 8.19. The van der Waals surface area contributed by atoms with Crippen molar-refractivity contribution in [2.24, 2.45) is 0 Å². The number of aromatic nitrogens is 5. The molecule has 2 aromatic heterocycles. The van der Waals surface area contributed by atoms with Gasteiger partial charge in [-0.25, -0.2) is 9.97 Å². The minimum atomic E-state index is -0.972. The summed E-state index contributed by atoms with van der Waals surface area (Å²) in [4.78, 5) is 50.1. The van der Waals surface area contributed by atoms with Crippen LogP contribution in [0.15, 0.2) is 53.6 Å². The minimum Gasteiger partial charge on any atom is -0.489 e. The van der Waals surface area contributed by atoms with Crippen LogP contribution in [0.2, 0.25) is 0 Å². The zero-order chi connectivity index (χ0) is 22.9. The number of H-pyrrole nitrogens is 2. The molecule has 2 amide bonds. The Morgan fingerprint density at radius 2 is 2.06 bits per heavy atom. The third-order valence-electron chi connectivity index (χ3n) is 5.37. The van der Waals surface area contributed by atoms with Gasteiger partial charge in [-0.15, -0.1) is 5.10 Å². The van der Waals surface area contributed by atoms with E-state index < -0.39 is 17.9 Å². The number of likely N-dealkylation sites (N-methyl/N-ethyl adjacent to an activating group) is 1. The summed E-state index contributed by atoms with van der Waals surface area (Å²) in [6.07, 6.45) is 1.79. The molecule has 1 aliphatic rings. The first-order valence-electron chi connectivity index (χ1n) is 10.2. The van der Waals surface area contributed by atoms with Crippen molar-refractivity contribution in [3.63, 3.8) is 0 Å². The van der Waals surface area contributed by atoms with Crippen LogP contribution in [0.3, 0.4) is 0 Å². The Hall–Kier alpha value is -4.54. The lowest BCUT2D eigenvalue weighted by Crippen LogP contribution is -2.49. The summed E-state index contributed by atoms with van der Waals surface area (Å²) in [6.45, 7) is -0.0993. The average Bonchev–Trinajstić information content (AvgIpc) is 3.26. The van der Waals surface area contributed by atoms with E-state index in [4.69, 9.17) is 4.74 Å². The normalized spacial score (nSPS) is 15.6. The Balaban J connectivity index is 1.34. The summed E-state index contributed by atoms with van der Waals surface area (Å²) in [5.74, 6) is -0.156. The van der Waals surface area contributed by atoms with Gasteiger partial charge in [0.2, 0.25) is 5.82 Å². The van der Waals surface area contributed by atoms with Crippen LogP contribution >= 0.6 is 0 Å². The number of nitrogens with one attached hydrogen (secondary N) is 3. The molecule has 0 saturated heterocycles. The van der Waals surface area contributed by atoms with Crippen molar-refractivity contribution in [2.45, 2.75) is 12.5 Å². The highest BCUT2D eigenvalue weighted by Gasteiger charge is 2.32. The van der Waals surface area contributed by atoms with E-state index in [1.807, 2.05) is 30.3 Å². The van der Waals surface area contributed by atoms with Gasteiger partial charge in [-0.2, -0.15) is 0 Å². The van der Waals surface area contributed by atoms with Gasteiger partial charge in [-0.3, -0.25) is 19.5 Å². The summed E-state index contributed by atoms with van der Waals surface area (Å²) in [6, 6.07) is 11.8. The molecule has 3 N–H and O–H groups in total. The maximum absolute atomic E-state index is 13.0. The van der Waals surface area contributed by atoms with Gasteiger partial charge in [-0.05, 0) is 11.6 Å². The second-order valence-electron chi connectivity index (χ2n) is 7.57. The number of fused-ring (bicyclic) bond motifs is 2. The predicted molar refractivity (Wildman–Crippen MR) is 118 cm³/mol. The van der Waals surface area contributed by atoms with E-state index in [0.29, 0.717) is 34.6 Å². The fraction of sp³-hybridized carbons (Fsp3) is 0.182. The zero-order valence-electron chi connectivity index (χ0n) is 17.5. The van der Waals surface area contributed by atoms with Crippen LogP contribution in [0.5, 0.6) is 5.75 Å². The van der Waals surface area contributed by atoms with Gasteiger partial charge >= 0.3 is 0 Å². The first kappa shape index (κ1) is 20.4. The number of rotatable bonds is 4. The number of hydrogen-bond donors (Lipinski definition) is 3. The van der Waals surface area contributed by atoms with Gasteiger partial charge in [0, 0.05) is 19.5 Å². The molecule has 1 aliphatic heterocycles. The van der Waals surface area contributed by atoms with Crippen molar-refractivity contribution < 1.29 is 14.3 Å². The highest BCUT2D eigenvalue weighted by molar-refractivity contribution is 6.03. The van der Waals surface area contributed by atoms with Crippen molar-refractivity contribution in [1.82, 2.24) is 30.5 Å². The molecule has 0 saturated carbocycles. The molecule has 5 rings (SSSR count). The van der Waals surface area contributed by atoms with E-state index in [-0.39, 0.29) is 18.0 Å². The van der Waals surface area contributed by atoms with Crippen LogP contribution in [0.25, 0.3) is 10.9 Å². The number of aromatic amines is 2. The third kappa shape index (κ3) is 3.91. The Kier molecular flexibility index (Phi) is 5.05. The molecule has 0 fully saturated rings. The Bertz CT molecular complexity index is 1410. The van der Waals surface area contributed by atoms with Crippen molar-refractivity contribution in [1.29, 1.82) is 0 Å². The van der Waals surface area contributed by atoms with Crippen LogP contribution in [0.1, 0.15) is 22.0 Å². The molecule has 1 unspecified atom stereocenters. The fourth-order valence-corrected chi connectivity index (χ4v) is 3.65. The largest absolute Gasteiger partial charge is 0.489 e. The van der Waals surface area contributed by atoms with E-state index >= 15 is 0 Å². The average molecular weight is 445 g/mol. The topological polar surface area (TPSA) is 146 Å². The monoisotopic (exact) mass is 445 g/mol. The molecule has 0 bridgehead atoms. The van der Waals surface area contributed by atoms with Crippen LogP contribution < -0.4 is 20.5 Å². The van der Waals surface area contributed by atoms with Gasteiger partial charge in [0.1, 0.15) is 24.2 Å². The summed E-state index contributed by atoms with van der Waals surface area (Å²) in [5.41, 5.74) is 1.54. The van der Waals surface area contributed by atoms with Crippen molar-refractivity contribution in [2.75, 3.05) is 18.6 Å². The van der Waals surface area contributed by atoms with Gasteiger partial charge in [0.05, 0.1) is 22.9 Å². The van der Waals surface area contributed by atoms with Crippen LogP contribution in [0.4, 0.5) is 5.69 Å². The first-order valence-corrected chi connectivity index (χ1v) is 10.2. The number of anilines is 1. The number of nitrogens with zero attached hydrogens (tertiary/aromatic N) is 4. The lowest BCUT2D eigenvalue weighted by molar-refractivity contribution is -0.120. The predicted octanol–water partition coefficient (Wildman–Crippen LogP) is 0.786. The summed E-state index contributed by atoms with van der Waals surface area (Å²) >= 11 is 0. The molecule has 0 aliphatic carbocycles. The van der Waals surface area contributed by atoms with Gasteiger partial charge in [0.15, 0.2) is 0 Å². The highest BCUT2D eigenvalue weighted by Crippen LogP contribution is 2.33. The standard InChI is InChI=1S/C22H19N7O4/c1-29-16-8-13-14(23-11-24-20(13)30)9-17(16)33-10-15(22(29)32)25-21(31)19-26-18(27-28-19)7-12-5-3-2-4-6-12/h2-6,8-9,11,15H,7,10H2,1H3,(H,25,31)(H,23,24,30)(H,26,27,28). The quantitative estimate of drug-likeness (QED) is 0.421. The lowest BCUT2D eigenvalue weighted by Gasteiger charge is -2.20. The smallest absolute Gasteiger partial charge is 0.291 e. The Labute approximate surface area is 186 Å². The van der Waals surface area contributed by atoms with E-state index in [1.165, 1.54) is 11.2 Å². The Morgan fingerprint density at radius 3 is 2.88 bits per heavy atom. The molecule has 3 heterocycles. The number of amides is 2. The summed E-state index contributed by atoms with van der Waals surface area (Å²) in [7, 11) is 1.55. The van der Waals surface area contributed by atoms with Gasteiger partial charge in [0.25, 0.3) is 17.4 Å². The molecule has 0 radical (unpaired) electrons. The van der Waals surface area contributed by atoms with Crippen LogP contribution in [0, 0.1) is 0 Å². The fourth-order valence-electron chi connectivity index (χ4n) is 3.65. The molecular formula is C22H19N7O4. The summed E-state index contributed by atoms with van der Waals surface area (Å²) in [5, 5.41) is 9.69. The molecule has 11 nitrogen and oxygen atoms in total. The molecule has 33 heavy (non-hydrogen) atoms. The molecule has 166 valence electrons. The zero-order valence-corrected chi connectivity index (χ0v) is 17.5. The maximum atomic E-state index is 13.0. The van der Waals surface area contributed by atoms with Crippen LogP contribution in [-0.2, 0) is 11.2 Å². The highest BCUT2D eigenvalue weighted by atomic mass is 16.5. The number of carbonyl (C=O) groups is 2. The van der Waals surface area contributed by atoms with E-state index in [2.05, 4.69) is 30.5 Å². The number of benzene rings is 2. The Morgan fingerprint density at radius 1 is 1.24 bits per heavy atom. The van der Waals surface area contributed by atoms with Crippen molar-refractivity contribution >= 4 is 28.4 Å². The molecule has 11 heteroatoms. The van der Waals surface area contributed by atoms with E-state index in [1.54, 1.807) is 19.2 Å². The lowest BCUT2D eigenvalue weighted by atomic mass is 10.1. The SMILES string of the molecule is CN1C(=O)C(NC(=O)c2n[nH]c(Cc3ccccc3)n2)COc2cc3nc[nH]c(=O)c3cc21. The van der Waals surface area contributed by atoms with E-state index in [9.17, 15) is 14.4 Å². The van der Waals surface area contributed by atoms with E-state index in [0.717, 1.165) is 5.56 Å². The second-order valence-corrected chi connectivity index (χ2v) is 7.57. The van der Waals surface area contributed by atoms with Gasteiger partial charge in [-0.1, -0.05) is 30.3 Å². The number of hydrogen-bond acceptors (Lipinski definition) is 7. The van der Waals surface area contributed by atoms with Crippen molar-refractivity contribution in [3.05, 3.63) is 76.4 Å². The van der Waals surface area contributed by atoms with Crippen LogP contribution in [-0.4, -0.2) is 56.7 Å². The van der Waals surface area contributed by atoms with Crippen molar-refractivity contribution in [3.8, 4) is 5.75 Å². The minimum absolute atomic E-state index is 0.0698. The van der Waals surface area contributed by atoms with Gasteiger partial charge < -0.3 is 19.9 Å². The summed E-state index contributed by atoms with van der Waals surface area (Å²) < 4.78 is 5.79. The molecular weight excluding hydrogens is 426 g/mol. The molecule has 0 spiro atoms. The third-order valence-corrected chi connectivity index (χ3v) is 5.37. The molecule has 1 atom stereocenters. The first-order chi connectivity index (χ1) is 16.0. The molecule has 4 aromatic rings. The molecule has 2 aromatic carbocycles. The maximum Gasteiger partial charge on any atom is 0.291 e.